The number of thiazole rings is 1. The van der Waals surface area contributed by atoms with Crippen molar-refractivity contribution in [3.63, 3.8) is 0 Å². The molecule has 1 atom stereocenters. The van der Waals surface area contributed by atoms with Crippen molar-refractivity contribution in [2.45, 2.75) is 19.4 Å². The van der Waals surface area contributed by atoms with Crippen molar-refractivity contribution >= 4 is 51.5 Å². The molecule has 0 saturated heterocycles. The summed E-state index contributed by atoms with van der Waals surface area (Å²) in [7, 11) is 0. The van der Waals surface area contributed by atoms with Crippen LogP contribution in [0.15, 0.2) is 23.6 Å². The Morgan fingerprint density at radius 3 is 2.83 bits per heavy atom. The average molecular weight is 374 g/mol. The monoisotopic (exact) mass is 373 g/mol. The number of primary amides is 1. The van der Waals surface area contributed by atoms with Gasteiger partial charge in [-0.1, -0.05) is 23.2 Å². The van der Waals surface area contributed by atoms with Crippen molar-refractivity contribution in [1.29, 1.82) is 0 Å². The average Bonchev–Trinajstić information content (AvgIpc) is 2.88. The van der Waals surface area contributed by atoms with Crippen LogP contribution in [0.3, 0.4) is 0 Å². The predicted octanol–water partition coefficient (Wildman–Crippen LogP) is 2.88. The number of amides is 2. The smallest absolute Gasteiger partial charge is 0.266 e. The molecule has 2 amide bonds. The number of nitrogens with one attached hydrogen (secondary N) is 1. The zero-order valence-electron chi connectivity index (χ0n) is 12.0. The van der Waals surface area contributed by atoms with Crippen molar-refractivity contribution < 1.29 is 14.3 Å². The lowest BCUT2D eigenvalue weighted by Crippen LogP contribution is -2.30. The molecule has 0 fully saturated rings. The third-order valence-electron chi connectivity index (χ3n) is 2.70. The molecule has 2 aromatic rings. The SMILES string of the molecule is CC(Oc1ccc(Cl)cc1Cl)C(=O)Nc1nc(CC(N)=O)cs1. The maximum absolute atomic E-state index is 12.1. The lowest BCUT2D eigenvalue weighted by Gasteiger charge is -2.14. The Labute approximate surface area is 146 Å². The maximum Gasteiger partial charge on any atom is 0.266 e. The second-order valence-corrected chi connectivity index (χ2v) is 6.31. The molecule has 1 unspecified atom stereocenters. The summed E-state index contributed by atoms with van der Waals surface area (Å²) in [4.78, 5) is 27.0. The summed E-state index contributed by atoms with van der Waals surface area (Å²) in [5.41, 5.74) is 5.60. The normalized spacial score (nSPS) is 11.8. The summed E-state index contributed by atoms with van der Waals surface area (Å²) in [5, 5.41) is 5.42. The van der Waals surface area contributed by atoms with Gasteiger partial charge < -0.3 is 10.5 Å². The topological polar surface area (TPSA) is 94.3 Å². The Morgan fingerprint density at radius 1 is 1.43 bits per heavy atom. The van der Waals surface area contributed by atoms with Crippen LogP contribution in [0.1, 0.15) is 12.6 Å². The van der Waals surface area contributed by atoms with Crippen molar-refractivity contribution in [2.24, 2.45) is 5.73 Å². The number of rotatable bonds is 6. The first-order valence-corrected chi connectivity index (χ1v) is 8.14. The molecule has 1 aromatic heterocycles. The molecule has 0 aliphatic carbocycles. The van der Waals surface area contributed by atoms with Crippen LogP contribution in [0.2, 0.25) is 10.0 Å². The number of halogens is 2. The lowest BCUT2D eigenvalue weighted by molar-refractivity contribution is -0.122. The van der Waals surface area contributed by atoms with Crippen molar-refractivity contribution in [3.8, 4) is 5.75 Å². The molecule has 0 spiro atoms. The number of nitrogens with two attached hydrogens (primary N) is 1. The second-order valence-electron chi connectivity index (χ2n) is 4.61. The Bertz CT molecular complexity index is 736. The Hall–Kier alpha value is -1.83. The van der Waals surface area contributed by atoms with E-state index in [9.17, 15) is 9.59 Å². The number of anilines is 1. The van der Waals surface area contributed by atoms with Gasteiger partial charge in [-0.15, -0.1) is 11.3 Å². The minimum Gasteiger partial charge on any atom is -0.479 e. The standard InChI is InChI=1S/C14H13Cl2N3O3S/c1-7(22-11-3-2-8(15)4-10(11)16)13(21)19-14-18-9(6-23-14)5-12(17)20/h2-4,6-7H,5H2,1H3,(H2,17,20)(H,18,19,21). The van der Waals surface area contributed by atoms with Crippen LogP contribution in [0, 0.1) is 0 Å². The van der Waals surface area contributed by atoms with E-state index in [2.05, 4.69) is 10.3 Å². The summed E-state index contributed by atoms with van der Waals surface area (Å²) < 4.78 is 5.51. The fraction of sp³-hybridized carbons (Fsp3) is 0.214. The van der Waals surface area contributed by atoms with Crippen molar-refractivity contribution in [3.05, 3.63) is 39.3 Å². The van der Waals surface area contributed by atoms with Gasteiger partial charge in [-0.25, -0.2) is 4.98 Å². The molecule has 2 rings (SSSR count). The molecular formula is C14H13Cl2N3O3S. The number of carbonyl (C=O) groups excluding carboxylic acids is 2. The first-order chi connectivity index (χ1) is 10.8. The molecule has 0 saturated carbocycles. The number of hydrogen-bond donors (Lipinski definition) is 2. The molecule has 6 nitrogen and oxygen atoms in total. The molecule has 3 N–H and O–H groups in total. The maximum atomic E-state index is 12.1. The molecule has 1 aromatic carbocycles. The number of ether oxygens (including phenoxy) is 1. The van der Waals surface area contributed by atoms with E-state index in [4.69, 9.17) is 33.7 Å². The molecule has 0 bridgehead atoms. The highest BCUT2D eigenvalue weighted by molar-refractivity contribution is 7.13. The lowest BCUT2D eigenvalue weighted by atomic mass is 10.3. The van der Waals surface area contributed by atoms with Crippen LogP contribution in [-0.2, 0) is 16.0 Å². The Morgan fingerprint density at radius 2 is 2.17 bits per heavy atom. The highest BCUT2D eigenvalue weighted by Gasteiger charge is 2.18. The van der Waals surface area contributed by atoms with Gasteiger partial charge in [0.05, 0.1) is 17.1 Å². The zero-order valence-corrected chi connectivity index (χ0v) is 14.3. The van der Waals surface area contributed by atoms with E-state index in [0.29, 0.717) is 26.6 Å². The molecular weight excluding hydrogens is 361 g/mol. The molecule has 0 aliphatic rings. The molecule has 1 heterocycles. The van der Waals surface area contributed by atoms with E-state index in [1.54, 1.807) is 24.4 Å². The number of hydrogen-bond acceptors (Lipinski definition) is 5. The van der Waals surface area contributed by atoms with E-state index in [1.165, 1.54) is 17.4 Å². The van der Waals surface area contributed by atoms with Crippen LogP contribution in [0.4, 0.5) is 5.13 Å². The minimum atomic E-state index is -0.794. The van der Waals surface area contributed by atoms with Gasteiger partial charge >= 0.3 is 0 Å². The summed E-state index contributed by atoms with van der Waals surface area (Å²) >= 11 is 13.0. The second kappa shape index (κ2) is 7.63. The van der Waals surface area contributed by atoms with Crippen LogP contribution >= 0.6 is 34.5 Å². The van der Waals surface area contributed by atoms with E-state index < -0.39 is 17.9 Å². The molecule has 23 heavy (non-hydrogen) atoms. The Kier molecular flexibility index (Phi) is 5.81. The van der Waals surface area contributed by atoms with Crippen LogP contribution in [0.25, 0.3) is 0 Å². The van der Waals surface area contributed by atoms with Gasteiger partial charge in [-0.3, -0.25) is 14.9 Å². The summed E-state index contributed by atoms with van der Waals surface area (Å²) in [5.74, 6) is -0.523. The van der Waals surface area contributed by atoms with Crippen molar-refractivity contribution in [2.75, 3.05) is 5.32 Å². The summed E-state index contributed by atoms with van der Waals surface area (Å²) in [6.07, 6.45) is -0.768. The van der Waals surface area contributed by atoms with Gasteiger partial charge in [0.25, 0.3) is 5.91 Å². The van der Waals surface area contributed by atoms with Gasteiger partial charge in [0.15, 0.2) is 11.2 Å². The van der Waals surface area contributed by atoms with E-state index >= 15 is 0 Å². The van der Waals surface area contributed by atoms with Gasteiger partial charge in [0, 0.05) is 10.4 Å². The fourth-order valence-electron chi connectivity index (χ4n) is 1.65. The van der Waals surface area contributed by atoms with E-state index in [1.807, 2.05) is 0 Å². The molecule has 0 aliphatic heterocycles. The van der Waals surface area contributed by atoms with Crippen molar-refractivity contribution in [1.82, 2.24) is 4.98 Å². The number of nitrogens with zero attached hydrogens (tertiary/aromatic N) is 1. The largest absolute Gasteiger partial charge is 0.479 e. The summed E-state index contributed by atoms with van der Waals surface area (Å²) in [6.45, 7) is 1.58. The van der Waals surface area contributed by atoms with Crippen LogP contribution in [-0.4, -0.2) is 22.9 Å². The van der Waals surface area contributed by atoms with Gasteiger partial charge in [0.1, 0.15) is 5.75 Å². The number of benzene rings is 1. The minimum absolute atomic E-state index is 0.0266. The first-order valence-electron chi connectivity index (χ1n) is 6.50. The number of aromatic nitrogens is 1. The predicted molar refractivity (Wildman–Crippen MR) is 90.2 cm³/mol. The first kappa shape index (κ1) is 17.5. The zero-order chi connectivity index (χ0) is 17.0. The highest BCUT2D eigenvalue weighted by Crippen LogP contribution is 2.28. The summed E-state index contributed by atoms with van der Waals surface area (Å²) in [6, 6.07) is 4.73. The van der Waals surface area contributed by atoms with Gasteiger partial charge in [-0.05, 0) is 25.1 Å². The number of carbonyl (C=O) groups is 2. The molecule has 0 radical (unpaired) electrons. The Balaban J connectivity index is 1.97. The third-order valence-corrected chi connectivity index (χ3v) is 4.04. The highest BCUT2D eigenvalue weighted by atomic mass is 35.5. The molecule has 122 valence electrons. The van der Waals surface area contributed by atoms with Gasteiger partial charge in [0.2, 0.25) is 5.91 Å². The van der Waals surface area contributed by atoms with Crippen LogP contribution in [0.5, 0.6) is 5.75 Å². The van der Waals surface area contributed by atoms with E-state index in [0.717, 1.165) is 0 Å². The van der Waals surface area contributed by atoms with E-state index in [-0.39, 0.29) is 6.42 Å². The third kappa shape index (κ3) is 5.09. The fourth-order valence-corrected chi connectivity index (χ4v) is 2.81. The van der Waals surface area contributed by atoms with Crippen LogP contribution < -0.4 is 15.8 Å². The quantitative estimate of drug-likeness (QED) is 0.813. The molecule has 9 heteroatoms. The van der Waals surface area contributed by atoms with Gasteiger partial charge in [-0.2, -0.15) is 0 Å².